The molecule has 8 amide bonds. The highest BCUT2D eigenvalue weighted by molar-refractivity contribution is 7.29. The van der Waals surface area contributed by atoms with E-state index in [4.69, 9.17) is 10.2 Å². The second-order valence-corrected chi connectivity index (χ2v) is 22.4. The summed E-state index contributed by atoms with van der Waals surface area (Å²) in [5, 5.41) is 56.3. The van der Waals surface area contributed by atoms with Gasteiger partial charge in [0.2, 0.25) is 35.4 Å². The number of hydrogen-bond donors (Lipinski definition) is 12. The van der Waals surface area contributed by atoms with Gasteiger partial charge in [0.15, 0.2) is 0 Å². The molecule has 0 spiro atoms. The molecule has 82 heavy (non-hydrogen) atoms. The number of aliphatic carboxylic acids is 4. The Morgan fingerprint density at radius 2 is 0.683 bits per heavy atom. The van der Waals surface area contributed by atoms with E-state index in [0.29, 0.717) is 20.9 Å². The molecule has 6 rings (SSSR count). The molecule has 4 aromatic heterocycles. The van der Waals surface area contributed by atoms with Crippen LogP contribution in [-0.4, -0.2) is 141 Å². The topological polar surface area (TPSA) is 382 Å². The summed E-state index contributed by atoms with van der Waals surface area (Å²) in [6.45, 7) is 1.68. The van der Waals surface area contributed by atoms with E-state index in [1.54, 1.807) is 84.9 Å². The first kappa shape index (κ1) is 62.1. The SMILES string of the molecule is CC(NC(=O)CNC(=O)c1ccc(-c2ccc(-c3ccc(-c4ccc(C(=O)NCC(=O)N[C@@H](C)C(=O)NC(Cc5ccccc5)C(=O)N[C@@H](CC(=O)O)C(=O)O)s4)s3)s2)s1)C(=O)NC(Cc1ccccc1)C(=O)N[C@@H](CC(=O)O)C(=O)O. The lowest BCUT2D eigenvalue weighted by Gasteiger charge is -2.23. The zero-order chi connectivity index (χ0) is 59.6. The fourth-order valence-corrected chi connectivity index (χ4v) is 11.7. The summed E-state index contributed by atoms with van der Waals surface area (Å²) < 4.78 is 0. The molecule has 2 aromatic carbocycles. The normalized spacial score (nSPS) is 13.0. The summed E-state index contributed by atoms with van der Waals surface area (Å²) in [4.78, 5) is 156. The van der Waals surface area contributed by atoms with Crippen LogP contribution in [-0.2, 0) is 60.8 Å². The minimum atomic E-state index is -1.77. The van der Waals surface area contributed by atoms with E-state index in [0.717, 1.165) is 29.3 Å². The molecule has 0 bridgehead atoms. The number of amides is 8. The molecule has 24 nitrogen and oxygen atoms in total. The first-order valence-corrected chi connectivity index (χ1v) is 28.0. The molecule has 0 saturated heterocycles. The van der Waals surface area contributed by atoms with Crippen LogP contribution >= 0.6 is 45.3 Å². The maximum Gasteiger partial charge on any atom is 0.326 e. The Bertz CT molecular complexity index is 3120. The van der Waals surface area contributed by atoms with Crippen molar-refractivity contribution in [2.75, 3.05) is 13.1 Å². The number of benzene rings is 2. The fraction of sp³-hybridized carbons (Fsp3) is 0.259. The lowest BCUT2D eigenvalue weighted by molar-refractivity contribution is -0.147. The summed E-state index contributed by atoms with van der Waals surface area (Å²) in [6, 6.07) is 22.7. The monoisotopic (exact) mass is 1200 g/mol. The first-order chi connectivity index (χ1) is 39.0. The van der Waals surface area contributed by atoms with Gasteiger partial charge in [-0.2, -0.15) is 0 Å². The Labute approximate surface area is 482 Å². The number of nitrogens with one attached hydrogen (secondary N) is 8. The predicted octanol–water partition coefficient (Wildman–Crippen LogP) is 2.95. The van der Waals surface area contributed by atoms with Gasteiger partial charge in [-0.25, -0.2) is 9.59 Å². The third-order valence-corrected chi connectivity index (χ3v) is 16.7. The number of hydrogen-bond acceptors (Lipinski definition) is 16. The van der Waals surface area contributed by atoms with Gasteiger partial charge in [-0.05, 0) is 73.5 Å². The quantitative estimate of drug-likeness (QED) is 0.0321. The largest absolute Gasteiger partial charge is 0.481 e. The molecule has 0 saturated carbocycles. The molecule has 0 aliphatic carbocycles. The summed E-state index contributed by atoms with van der Waals surface area (Å²) >= 11 is 5.35. The summed E-state index contributed by atoms with van der Waals surface area (Å²) in [5.74, 6) is -12.2. The van der Waals surface area contributed by atoms with Crippen molar-refractivity contribution in [3.8, 4) is 29.3 Å². The van der Waals surface area contributed by atoms with E-state index in [2.05, 4.69) is 42.5 Å². The summed E-state index contributed by atoms with van der Waals surface area (Å²) in [6.07, 6.45) is -1.98. The highest BCUT2D eigenvalue weighted by Crippen LogP contribution is 2.43. The van der Waals surface area contributed by atoms with Crippen LogP contribution in [0.1, 0.15) is 57.2 Å². The van der Waals surface area contributed by atoms with E-state index in [9.17, 15) is 67.7 Å². The predicted molar refractivity (Wildman–Crippen MR) is 302 cm³/mol. The first-order valence-electron chi connectivity index (χ1n) is 24.8. The Kier molecular flexibility index (Phi) is 22.2. The molecule has 430 valence electrons. The van der Waals surface area contributed by atoms with Gasteiger partial charge in [0, 0.05) is 42.1 Å². The zero-order valence-corrected chi connectivity index (χ0v) is 46.7. The molecular formula is C54H54N8O16S4. The standard InChI is InChI=1S/C54H54N8O16S4/c1-27(47(69)59-31(21-29-9-5-3-6-10-29)49(71)61-33(53(75)76)23-45(65)66)57-43(63)25-55-51(73)41-19-17-39(81-41)37-15-13-35(79-37)36-14-16-38(80-36)40-18-20-42(82-40)52(74)56-26-44(64)58-28(2)48(70)60-32(22-30-11-7-4-8-12-30)50(72)62-34(54(77)78)24-46(67)68/h3-20,27-28,31-34H,21-26H2,1-2H3,(H,55,73)(H,56,74)(H,57,63)(H,58,64)(H,59,69)(H,60,70)(H,61,71)(H,62,72)(H,65,66)(H,67,68)(H,75,76)(H,77,78)/t27-,28?,31?,32?,33-,34-/m0/s1. The zero-order valence-electron chi connectivity index (χ0n) is 43.4. The van der Waals surface area contributed by atoms with Gasteiger partial charge in [-0.1, -0.05) is 60.7 Å². The number of carbonyl (C=O) groups excluding carboxylic acids is 8. The van der Waals surface area contributed by atoms with Crippen molar-refractivity contribution in [1.82, 2.24) is 42.5 Å². The van der Waals surface area contributed by atoms with E-state index >= 15 is 0 Å². The molecule has 0 aliphatic rings. The third-order valence-electron chi connectivity index (χ3n) is 11.8. The van der Waals surface area contributed by atoms with Gasteiger partial charge in [-0.15, -0.1) is 45.3 Å². The van der Waals surface area contributed by atoms with Crippen molar-refractivity contribution >= 4 is 116 Å². The van der Waals surface area contributed by atoms with Crippen molar-refractivity contribution in [1.29, 1.82) is 0 Å². The Hall–Kier alpha value is -9.12. The molecule has 12 N–H and O–H groups in total. The summed E-state index contributed by atoms with van der Waals surface area (Å²) in [5.41, 5.74) is 1.20. The average Bonchev–Trinajstić information content (AvgIpc) is 4.30. The number of rotatable bonds is 29. The van der Waals surface area contributed by atoms with Crippen molar-refractivity contribution in [2.24, 2.45) is 0 Å². The van der Waals surface area contributed by atoms with Crippen LogP contribution in [0.3, 0.4) is 0 Å². The molecule has 6 aromatic rings. The number of carboxylic acids is 4. The van der Waals surface area contributed by atoms with Crippen LogP contribution in [0.4, 0.5) is 0 Å². The second kappa shape index (κ2) is 29.4. The van der Waals surface area contributed by atoms with Crippen molar-refractivity contribution < 1.29 is 78.0 Å². The van der Waals surface area contributed by atoms with Gasteiger partial charge in [0.1, 0.15) is 36.3 Å². The lowest BCUT2D eigenvalue weighted by atomic mass is 10.0. The minimum absolute atomic E-state index is 0.0842. The van der Waals surface area contributed by atoms with Crippen LogP contribution in [0.15, 0.2) is 109 Å². The van der Waals surface area contributed by atoms with Crippen LogP contribution in [0.5, 0.6) is 0 Å². The number of carbonyl (C=O) groups is 12. The number of thiophene rings is 4. The van der Waals surface area contributed by atoms with Gasteiger partial charge in [-0.3, -0.25) is 47.9 Å². The minimum Gasteiger partial charge on any atom is -0.481 e. The molecule has 0 aliphatic heterocycles. The van der Waals surface area contributed by atoms with Crippen molar-refractivity contribution in [3.05, 3.63) is 130 Å². The van der Waals surface area contributed by atoms with Gasteiger partial charge in [0.25, 0.3) is 11.8 Å². The smallest absolute Gasteiger partial charge is 0.326 e. The Morgan fingerprint density at radius 1 is 0.378 bits per heavy atom. The highest BCUT2D eigenvalue weighted by atomic mass is 32.1. The van der Waals surface area contributed by atoms with E-state index in [1.165, 1.54) is 59.2 Å². The molecule has 28 heteroatoms. The van der Waals surface area contributed by atoms with Crippen LogP contribution in [0.25, 0.3) is 29.3 Å². The summed E-state index contributed by atoms with van der Waals surface area (Å²) in [7, 11) is 0. The van der Waals surface area contributed by atoms with Crippen LogP contribution in [0, 0.1) is 0 Å². The average molecular weight is 1200 g/mol. The van der Waals surface area contributed by atoms with E-state index in [1.807, 2.05) is 24.3 Å². The third kappa shape index (κ3) is 18.5. The van der Waals surface area contributed by atoms with Gasteiger partial charge >= 0.3 is 23.9 Å². The maximum atomic E-state index is 13.2. The molecule has 6 atom stereocenters. The van der Waals surface area contributed by atoms with Crippen molar-refractivity contribution in [2.45, 2.75) is 75.8 Å². The maximum absolute atomic E-state index is 13.2. The van der Waals surface area contributed by atoms with Crippen LogP contribution in [0.2, 0.25) is 0 Å². The van der Waals surface area contributed by atoms with Crippen LogP contribution < -0.4 is 42.5 Å². The second-order valence-electron chi connectivity index (χ2n) is 18.1. The van der Waals surface area contributed by atoms with E-state index in [-0.39, 0.29) is 12.8 Å². The Balaban J connectivity index is 0.961. The molecule has 4 heterocycles. The fourth-order valence-electron chi connectivity index (χ4n) is 7.61. The molecule has 0 fully saturated rings. The molecule has 0 radical (unpaired) electrons. The van der Waals surface area contributed by atoms with Gasteiger partial charge < -0.3 is 63.0 Å². The number of carboxylic acid groups (broad SMARTS) is 4. The van der Waals surface area contributed by atoms with Crippen molar-refractivity contribution in [3.63, 3.8) is 0 Å². The highest BCUT2D eigenvalue weighted by Gasteiger charge is 2.32. The molecular weight excluding hydrogens is 1140 g/mol. The van der Waals surface area contributed by atoms with E-state index < -0.39 is 133 Å². The molecule has 3 unspecified atom stereocenters. The Morgan fingerprint density at radius 3 is 1.00 bits per heavy atom. The lowest BCUT2D eigenvalue weighted by Crippen LogP contribution is -2.56. The van der Waals surface area contributed by atoms with Gasteiger partial charge in [0.05, 0.1) is 35.7 Å².